The molecule has 33 heavy (non-hydrogen) atoms. The highest BCUT2D eigenvalue weighted by atomic mass is 32.2. The first kappa shape index (κ1) is 26.4. The number of hydrogen-bond donors (Lipinski definition) is 2. The number of nitrogens with zero attached hydrogens (tertiary/aromatic N) is 1. The van der Waals surface area contributed by atoms with E-state index in [0.29, 0.717) is 36.0 Å². The van der Waals surface area contributed by atoms with Gasteiger partial charge in [0.05, 0.1) is 5.03 Å². The van der Waals surface area contributed by atoms with Crippen LogP contribution in [0.5, 0.6) is 0 Å². The molecule has 0 spiro atoms. The van der Waals surface area contributed by atoms with E-state index in [1.807, 2.05) is 0 Å². The first-order valence-corrected chi connectivity index (χ1v) is 11.8. The van der Waals surface area contributed by atoms with Crippen LogP contribution in [0.25, 0.3) is 0 Å². The Hall–Kier alpha value is -2.82. The second-order valence-corrected chi connectivity index (χ2v) is 8.93. The van der Waals surface area contributed by atoms with Gasteiger partial charge in [-0.1, -0.05) is 0 Å². The summed E-state index contributed by atoms with van der Waals surface area (Å²) in [7, 11) is 1.60. The van der Waals surface area contributed by atoms with Crippen molar-refractivity contribution < 1.29 is 13.9 Å². The van der Waals surface area contributed by atoms with Crippen molar-refractivity contribution in [3.63, 3.8) is 0 Å². The summed E-state index contributed by atoms with van der Waals surface area (Å²) in [4.78, 5) is 12.8. The fourth-order valence-electron chi connectivity index (χ4n) is 3.49. The molecule has 7 heteroatoms. The SMILES string of the molecule is COCCCNC(=O)C(C#N)=C(Nc1ccc(F)cc1)SCc1c(C)c(C)c(C)c(C)c1C. The molecule has 1 amide bonds. The Morgan fingerprint density at radius 1 is 1.03 bits per heavy atom. The summed E-state index contributed by atoms with van der Waals surface area (Å²) in [5.74, 6) is -0.215. The predicted octanol–water partition coefficient (Wildman–Crippen LogP) is 5.60. The maximum atomic E-state index is 13.4. The molecule has 0 aliphatic carbocycles. The Morgan fingerprint density at radius 3 is 2.15 bits per heavy atom. The van der Waals surface area contributed by atoms with Crippen molar-refractivity contribution in [1.29, 1.82) is 5.26 Å². The third-order valence-electron chi connectivity index (χ3n) is 5.99. The number of nitrogens with one attached hydrogen (secondary N) is 2. The standard InChI is InChI=1S/C26H32FN3O2S/c1-16-17(2)19(4)24(20(5)18(16)3)15-33-26(30-22-10-8-21(27)9-11-22)23(14-28)25(31)29-12-7-13-32-6/h8-11,30H,7,12-13,15H2,1-6H3,(H,29,31). The molecular weight excluding hydrogens is 437 g/mol. The van der Waals surface area contributed by atoms with E-state index in [2.05, 4.69) is 51.3 Å². The summed E-state index contributed by atoms with van der Waals surface area (Å²) in [6, 6.07) is 7.89. The largest absolute Gasteiger partial charge is 0.385 e. The Kier molecular flexibility index (Phi) is 9.95. The number of nitriles is 1. The molecule has 0 unspecified atom stereocenters. The molecule has 2 rings (SSSR count). The highest BCUT2D eigenvalue weighted by Gasteiger charge is 2.19. The van der Waals surface area contributed by atoms with Gasteiger partial charge in [-0.15, -0.1) is 11.8 Å². The minimum absolute atomic E-state index is 0.00222. The number of carbonyl (C=O) groups is 1. The number of hydrogen-bond acceptors (Lipinski definition) is 5. The van der Waals surface area contributed by atoms with Crippen molar-refractivity contribution in [3.8, 4) is 6.07 Å². The van der Waals surface area contributed by atoms with Crippen molar-refractivity contribution in [1.82, 2.24) is 5.32 Å². The first-order valence-electron chi connectivity index (χ1n) is 10.8. The van der Waals surface area contributed by atoms with Gasteiger partial charge in [0.2, 0.25) is 0 Å². The van der Waals surface area contributed by atoms with E-state index >= 15 is 0 Å². The molecule has 0 saturated carbocycles. The number of ether oxygens (including phenoxy) is 1. The van der Waals surface area contributed by atoms with E-state index < -0.39 is 5.91 Å². The quantitative estimate of drug-likeness (QED) is 0.269. The van der Waals surface area contributed by atoms with Crippen LogP contribution >= 0.6 is 11.8 Å². The topological polar surface area (TPSA) is 74.1 Å². The predicted molar refractivity (Wildman–Crippen MR) is 134 cm³/mol. The van der Waals surface area contributed by atoms with E-state index in [9.17, 15) is 14.4 Å². The normalized spacial score (nSPS) is 11.6. The van der Waals surface area contributed by atoms with Gasteiger partial charge in [-0.3, -0.25) is 4.79 Å². The molecule has 0 aliphatic heterocycles. The lowest BCUT2D eigenvalue weighted by molar-refractivity contribution is -0.117. The molecule has 0 aromatic heterocycles. The number of benzene rings is 2. The van der Waals surface area contributed by atoms with Crippen LogP contribution in [0, 0.1) is 51.8 Å². The van der Waals surface area contributed by atoms with E-state index in [1.165, 1.54) is 57.3 Å². The van der Waals surface area contributed by atoms with Gasteiger partial charge >= 0.3 is 0 Å². The zero-order chi connectivity index (χ0) is 24.5. The van der Waals surface area contributed by atoms with Gasteiger partial charge in [0.25, 0.3) is 5.91 Å². The Bertz CT molecular complexity index is 1040. The molecule has 5 nitrogen and oxygen atoms in total. The second-order valence-electron chi connectivity index (χ2n) is 7.94. The van der Waals surface area contributed by atoms with Crippen molar-refractivity contribution in [2.24, 2.45) is 0 Å². The van der Waals surface area contributed by atoms with E-state index in [4.69, 9.17) is 4.74 Å². The number of rotatable bonds is 10. The van der Waals surface area contributed by atoms with Crippen molar-refractivity contribution in [2.75, 3.05) is 25.6 Å². The maximum Gasteiger partial charge on any atom is 0.264 e. The number of methoxy groups -OCH3 is 1. The van der Waals surface area contributed by atoms with Crippen LogP contribution in [-0.4, -0.2) is 26.2 Å². The van der Waals surface area contributed by atoms with Crippen molar-refractivity contribution in [3.05, 3.63) is 74.1 Å². The summed E-state index contributed by atoms with van der Waals surface area (Å²) in [5, 5.41) is 16.2. The van der Waals surface area contributed by atoms with E-state index in [1.54, 1.807) is 19.2 Å². The molecule has 0 heterocycles. The molecule has 2 aromatic rings. The van der Waals surface area contributed by atoms with Gasteiger partial charge in [0.1, 0.15) is 17.5 Å². The Balaban J connectivity index is 2.39. The van der Waals surface area contributed by atoms with Crippen molar-refractivity contribution >= 4 is 23.4 Å². The molecule has 0 saturated heterocycles. The molecule has 2 N–H and O–H groups in total. The van der Waals surface area contributed by atoms with Crippen LogP contribution in [0.4, 0.5) is 10.1 Å². The average molecular weight is 470 g/mol. The fourth-order valence-corrected chi connectivity index (χ4v) is 4.68. The molecule has 0 atom stereocenters. The average Bonchev–Trinajstić information content (AvgIpc) is 2.80. The third-order valence-corrected chi connectivity index (χ3v) is 7.02. The van der Waals surface area contributed by atoms with Crippen LogP contribution in [-0.2, 0) is 15.3 Å². The number of amides is 1. The number of anilines is 1. The van der Waals surface area contributed by atoms with Gasteiger partial charge in [-0.05, 0) is 98.7 Å². The molecular formula is C26H32FN3O2S. The lowest BCUT2D eigenvalue weighted by Gasteiger charge is -2.20. The lowest BCUT2D eigenvalue weighted by atomic mass is 9.90. The summed E-state index contributed by atoms with van der Waals surface area (Å²) >= 11 is 1.40. The molecule has 0 radical (unpaired) electrons. The molecule has 0 bridgehead atoms. The minimum atomic E-state index is -0.449. The van der Waals surface area contributed by atoms with Gasteiger partial charge in [-0.25, -0.2) is 4.39 Å². The molecule has 0 fully saturated rings. The van der Waals surface area contributed by atoms with E-state index in [0.717, 1.165) is 0 Å². The summed E-state index contributed by atoms with van der Waals surface area (Å²) in [6.07, 6.45) is 0.648. The van der Waals surface area contributed by atoms with Crippen molar-refractivity contribution in [2.45, 2.75) is 46.8 Å². The fraction of sp³-hybridized carbons (Fsp3) is 0.385. The highest BCUT2D eigenvalue weighted by molar-refractivity contribution is 8.02. The summed E-state index contributed by atoms with van der Waals surface area (Å²) in [6.45, 7) is 11.5. The van der Waals surface area contributed by atoms with Gasteiger partial charge in [0.15, 0.2) is 0 Å². The second kappa shape index (κ2) is 12.4. The minimum Gasteiger partial charge on any atom is -0.385 e. The van der Waals surface area contributed by atoms with Crippen LogP contribution < -0.4 is 10.6 Å². The van der Waals surface area contributed by atoms with Crippen LogP contribution in [0.1, 0.15) is 39.8 Å². The number of carbonyl (C=O) groups excluding carboxylic acids is 1. The summed E-state index contributed by atoms with van der Waals surface area (Å²) in [5.41, 5.74) is 8.01. The maximum absolute atomic E-state index is 13.4. The summed E-state index contributed by atoms with van der Waals surface area (Å²) < 4.78 is 18.4. The zero-order valence-corrected chi connectivity index (χ0v) is 21.0. The molecule has 2 aromatic carbocycles. The Labute approximate surface area is 200 Å². The number of halogens is 1. The highest BCUT2D eigenvalue weighted by Crippen LogP contribution is 2.33. The number of thioether (sulfide) groups is 1. The Morgan fingerprint density at radius 2 is 1.61 bits per heavy atom. The van der Waals surface area contributed by atoms with E-state index in [-0.39, 0.29) is 11.4 Å². The van der Waals surface area contributed by atoms with Crippen LogP contribution in [0.15, 0.2) is 34.9 Å². The van der Waals surface area contributed by atoms with Gasteiger partial charge < -0.3 is 15.4 Å². The molecule has 176 valence electrons. The monoisotopic (exact) mass is 469 g/mol. The van der Waals surface area contributed by atoms with Crippen LogP contribution in [0.3, 0.4) is 0 Å². The first-order chi connectivity index (χ1) is 15.7. The molecule has 0 aliphatic rings. The van der Waals surface area contributed by atoms with Gasteiger partial charge in [0, 0.05) is 31.7 Å². The lowest BCUT2D eigenvalue weighted by Crippen LogP contribution is -2.27. The third kappa shape index (κ3) is 6.83. The van der Waals surface area contributed by atoms with Crippen LogP contribution in [0.2, 0.25) is 0 Å². The van der Waals surface area contributed by atoms with Gasteiger partial charge in [-0.2, -0.15) is 5.26 Å². The zero-order valence-electron chi connectivity index (χ0n) is 20.2. The smallest absolute Gasteiger partial charge is 0.264 e.